The van der Waals surface area contributed by atoms with Gasteiger partial charge in [0.2, 0.25) is 0 Å². The molecule has 184 valence electrons. The molecule has 0 unspecified atom stereocenters. The van der Waals surface area contributed by atoms with Crippen molar-refractivity contribution in [3.8, 4) is 22.9 Å². The number of amides is 1. The van der Waals surface area contributed by atoms with Gasteiger partial charge in [-0.15, -0.1) is 0 Å². The molecular weight excluding hydrogens is 515 g/mol. The van der Waals surface area contributed by atoms with Crippen molar-refractivity contribution >= 4 is 34.8 Å². The standard InChI is InChI=1S/C25H17Cl2F2N3O4/c1-2-35-20-8-10-32(15-5-3-14(28)4-6-15)25(34)23(20)24(33)31-19-12-17(26)21(13-18(19)29)36-16-7-9-30-22(27)11-16/h3-13H,2H2,1H3,(H,31,33). The first-order valence-electron chi connectivity index (χ1n) is 10.5. The van der Waals surface area contributed by atoms with E-state index in [0.717, 1.165) is 16.7 Å². The molecule has 0 aliphatic heterocycles. The van der Waals surface area contributed by atoms with Crippen LogP contribution in [0.3, 0.4) is 0 Å². The second kappa shape index (κ2) is 10.8. The fourth-order valence-electron chi connectivity index (χ4n) is 3.27. The van der Waals surface area contributed by atoms with Gasteiger partial charge in [-0.3, -0.25) is 14.2 Å². The maximum atomic E-state index is 14.9. The zero-order chi connectivity index (χ0) is 25.8. The number of nitrogens with zero attached hydrogens (tertiary/aromatic N) is 2. The largest absolute Gasteiger partial charge is 0.493 e. The lowest BCUT2D eigenvalue weighted by atomic mass is 10.2. The Bertz CT molecular complexity index is 1490. The van der Waals surface area contributed by atoms with Gasteiger partial charge in [0, 0.05) is 30.2 Å². The Morgan fingerprint density at radius 1 is 1.06 bits per heavy atom. The van der Waals surface area contributed by atoms with E-state index >= 15 is 0 Å². The summed E-state index contributed by atoms with van der Waals surface area (Å²) in [7, 11) is 0. The number of pyridine rings is 2. The number of halogens is 4. The number of hydrogen-bond acceptors (Lipinski definition) is 5. The summed E-state index contributed by atoms with van der Waals surface area (Å²) in [6.07, 6.45) is 2.80. The number of anilines is 1. The first-order chi connectivity index (χ1) is 17.3. The van der Waals surface area contributed by atoms with E-state index in [1.807, 2.05) is 0 Å². The molecule has 0 radical (unpaired) electrons. The Morgan fingerprint density at radius 2 is 1.81 bits per heavy atom. The smallest absolute Gasteiger partial charge is 0.271 e. The SMILES string of the molecule is CCOc1ccn(-c2ccc(F)cc2)c(=O)c1C(=O)Nc1cc(Cl)c(Oc2ccnc(Cl)c2)cc1F. The molecule has 2 aromatic heterocycles. The predicted octanol–water partition coefficient (Wildman–Crippen LogP) is 6.26. The Labute approximate surface area is 213 Å². The number of ether oxygens (including phenoxy) is 2. The van der Waals surface area contributed by atoms with E-state index in [0.29, 0.717) is 5.69 Å². The Hall–Kier alpha value is -3.95. The predicted molar refractivity (Wildman–Crippen MR) is 132 cm³/mol. The third kappa shape index (κ3) is 5.48. The van der Waals surface area contributed by atoms with E-state index in [2.05, 4.69) is 10.3 Å². The molecule has 0 atom stereocenters. The number of benzene rings is 2. The average Bonchev–Trinajstić information content (AvgIpc) is 2.83. The van der Waals surface area contributed by atoms with Crippen molar-refractivity contribution in [2.24, 2.45) is 0 Å². The summed E-state index contributed by atoms with van der Waals surface area (Å²) in [5.41, 5.74) is -1.08. The first-order valence-corrected chi connectivity index (χ1v) is 11.3. The van der Waals surface area contributed by atoms with Gasteiger partial charge in [-0.1, -0.05) is 23.2 Å². The van der Waals surface area contributed by atoms with Crippen LogP contribution in [0.4, 0.5) is 14.5 Å². The topological polar surface area (TPSA) is 82.5 Å². The van der Waals surface area contributed by atoms with Crippen molar-refractivity contribution in [2.75, 3.05) is 11.9 Å². The summed E-state index contributed by atoms with van der Waals surface area (Å²) in [5.74, 6) is -2.02. The Kier molecular flexibility index (Phi) is 7.52. The quantitative estimate of drug-likeness (QED) is 0.284. The molecule has 0 aliphatic rings. The molecule has 1 N–H and O–H groups in total. The molecule has 4 rings (SSSR count). The third-order valence-electron chi connectivity index (χ3n) is 4.88. The molecule has 36 heavy (non-hydrogen) atoms. The summed E-state index contributed by atoms with van der Waals surface area (Å²) in [4.78, 5) is 30.1. The molecule has 2 aromatic carbocycles. The number of hydrogen-bond donors (Lipinski definition) is 1. The first kappa shape index (κ1) is 25.2. The highest BCUT2D eigenvalue weighted by molar-refractivity contribution is 6.32. The minimum absolute atomic E-state index is 0.000568. The normalized spacial score (nSPS) is 10.7. The molecule has 0 bridgehead atoms. The lowest BCUT2D eigenvalue weighted by Crippen LogP contribution is -2.29. The third-order valence-corrected chi connectivity index (χ3v) is 5.38. The molecule has 0 saturated carbocycles. The summed E-state index contributed by atoms with van der Waals surface area (Å²) < 4.78 is 40.3. The zero-order valence-corrected chi connectivity index (χ0v) is 20.1. The van der Waals surface area contributed by atoms with E-state index in [1.54, 1.807) is 6.92 Å². The second-order valence-electron chi connectivity index (χ2n) is 7.27. The molecular formula is C25H17Cl2F2N3O4. The van der Waals surface area contributed by atoms with Gasteiger partial charge >= 0.3 is 0 Å². The number of carbonyl (C=O) groups is 1. The zero-order valence-electron chi connectivity index (χ0n) is 18.6. The molecule has 0 saturated heterocycles. The number of aromatic nitrogens is 2. The number of rotatable bonds is 7. The average molecular weight is 532 g/mol. The fourth-order valence-corrected chi connectivity index (χ4v) is 3.64. The minimum Gasteiger partial charge on any atom is -0.493 e. The van der Waals surface area contributed by atoms with Crippen molar-refractivity contribution < 1.29 is 23.0 Å². The second-order valence-corrected chi connectivity index (χ2v) is 8.07. The summed E-state index contributed by atoms with van der Waals surface area (Å²) in [5, 5.41) is 2.52. The van der Waals surface area contributed by atoms with E-state index in [9.17, 15) is 18.4 Å². The van der Waals surface area contributed by atoms with Crippen LogP contribution in [0.5, 0.6) is 17.2 Å². The van der Waals surface area contributed by atoms with Gasteiger partial charge in [0.1, 0.15) is 33.8 Å². The lowest BCUT2D eigenvalue weighted by Gasteiger charge is -2.15. The van der Waals surface area contributed by atoms with Crippen LogP contribution in [0.2, 0.25) is 10.2 Å². The Morgan fingerprint density at radius 3 is 2.50 bits per heavy atom. The molecule has 0 aliphatic carbocycles. The molecule has 1 amide bonds. The van der Waals surface area contributed by atoms with Gasteiger partial charge in [0.15, 0.2) is 5.82 Å². The van der Waals surface area contributed by atoms with Gasteiger partial charge in [0.05, 0.1) is 17.3 Å². The van der Waals surface area contributed by atoms with E-state index in [1.165, 1.54) is 54.9 Å². The highest BCUT2D eigenvalue weighted by atomic mass is 35.5. The van der Waals surface area contributed by atoms with Crippen molar-refractivity contribution in [1.82, 2.24) is 9.55 Å². The fraction of sp³-hybridized carbons (Fsp3) is 0.0800. The van der Waals surface area contributed by atoms with E-state index < -0.39 is 23.1 Å². The summed E-state index contributed by atoms with van der Waals surface area (Å²) in [6, 6.07) is 11.6. The van der Waals surface area contributed by atoms with Crippen LogP contribution in [0, 0.1) is 11.6 Å². The molecule has 4 aromatic rings. The van der Waals surface area contributed by atoms with Crippen molar-refractivity contribution in [2.45, 2.75) is 6.92 Å². The van der Waals surface area contributed by atoms with Crippen LogP contribution in [0.1, 0.15) is 17.3 Å². The highest BCUT2D eigenvalue weighted by Gasteiger charge is 2.22. The van der Waals surface area contributed by atoms with Crippen LogP contribution in [-0.2, 0) is 0 Å². The maximum Gasteiger partial charge on any atom is 0.271 e. The van der Waals surface area contributed by atoms with Gasteiger partial charge in [-0.25, -0.2) is 13.8 Å². The van der Waals surface area contributed by atoms with Crippen LogP contribution >= 0.6 is 23.2 Å². The van der Waals surface area contributed by atoms with Crippen LogP contribution < -0.4 is 20.3 Å². The summed E-state index contributed by atoms with van der Waals surface area (Å²) >= 11 is 12.1. The van der Waals surface area contributed by atoms with Crippen LogP contribution in [0.15, 0.2) is 71.8 Å². The van der Waals surface area contributed by atoms with Crippen LogP contribution in [0.25, 0.3) is 5.69 Å². The molecule has 0 spiro atoms. The highest BCUT2D eigenvalue weighted by Crippen LogP contribution is 2.34. The maximum absolute atomic E-state index is 14.9. The summed E-state index contributed by atoms with van der Waals surface area (Å²) in [6.45, 7) is 1.85. The van der Waals surface area contributed by atoms with E-state index in [4.69, 9.17) is 32.7 Å². The number of carbonyl (C=O) groups excluding carboxylic acids is 1. The molecule has 2 heterocycles. The Balaban J connectivity index is 1.66. The molecule has 11 heteroatoms. The van der Waals surface area contributed by atoms with Crippen LogP contribution in [-0.4, -0.2) is 22.1 Å². The minimum atomic E-state index is -0.926. The van der Waals surface area contributed by atoms with Crippen molar-refractivity contribution in [1.29, 1.82) is 0 Å². The van der Waals surface area contributed by atoms with Gasteiger partial charge < -0.3 is 14.8 Å². The monoisotopic (exact) mass is 531 g/mol. The van der Waals surface area contributed by atoms with Crippen molar-refractivity contribution in [3.63, 3.8) is 0 Å². The lowest BCUT2D eigenvalue weighted by molar-refractivity contribution is 0.102. The number of nitrogens with one attached hydrogen (secondary N) is 1. The molecule has 7 nitrogen and oxygen atoms in total. The molecule has 0 fully saturated rings. The van der Waals surface area contributed by atoms with Crippen molar-refractivity contribution in [3.05, 3.63) is 105 Å². The van der Waals surface area contributed by atoms with E-state index in [-0.39, 0.29) is 45.3 Å². The van der Waals surface area contributed by atoms with Gasteiger partial charge in [0.25, 0.3) is 11.5 Å². The van der Waals surface area contributed by atoms with Gasteiger partial charge in [-0.05, 0) is 49.4 Å². The van der Waals surface area contributed by atoms with Gasteiger partial charge in [-0.2, -0.15) is 0 Å².